The first-order valence-corrected chi connectivity index (χ1v) is 13.4. The molecule has 206 valence electrons. The van der Waals surface area contributed by atoms with Crippen LogP contribution in [0.3, 0.4) is 0 Å². The first kappa shape index (κ1) is 26.7. The van der Waals surface area contributed by atoms with Gasteiger partial charge in [0, 0.05) is 35.4 Å². The molecule has 1 aliphatic heterocycles. The van der Waals surface area contributed by atoms with E-state index in [0.717, 1.165) is 57.7 Å². The Bertz CT molecular complexity index is 1340. The van der Waals surface area contributed by atoms with Crippen LogP contribution in [0.25, 0.3) is 10.9 Å². The number of benzene rings is 2. The molecule has 1 saturated heterocycles. The summed E-state index contributed by atoms with van der Waals surface area (Å²) in [4.78, 5) is 28.8. The number of amides is 2. The van der Waals surface area contributed by atoms with Crippen LogP contribution < -0.4 is 30.2 Å². The molecule has 3 N–H and O–H groups in total. The number of nitrogens with zero attached hydrogens (tertiary/aromatic N) is 1. The van der Waals surface area contributed by atoms with Crippen molar-refractivity contribution in [2.24, 2.45) is 5.92 Å². The molecule has 1 aromatic heterocycles. The third kappa shape index (κ3) is 6.57. The molecule has 5 rings (SSSR count). The van der Waals surface area contributed by atoms with Gasteiger partial charge in [-0.2, -0.15) is 0 Å². The summed E-state index contributed by atoms with van der Waals surface area (Å²) in [6.45, 7) is 2.58. The molecule has 0 unspecified atom stereocenters. The van der Waals surface area contributed by atoms with E-state index >= 15 is 0 Å². The molecule has 1 saturated carbocycles. The molecule has 2 heterocycles. The Balaban J connectivity index is 1.28. The van der Waals surface area contributed by atoms with Gasteiger partial charge in [-0.3, -0.25) is 14.6 Å². The van der Waals surface area contributed by atoms with Crippen LogP contribution in [0.1, 0.15) is 38.5 Å². The van der Waals surface area contributed by atoms with E-state index in [2.05, 4.69) is 20.9 Å². The lowest BCUT2D eigenvalue weighted by molar-refractivity contribution is -0.136. The van der Waals surface area contributed by atoms with Crippen molar-refractivity contribution in [2.45, 2.75) is 44.6 Å². The number of fused-ring (bicyclic) bond motifs is 1. The van der Waals surface area contributed by atoms with E-state index in [1.807, 2.05) is 0 Å². The number of halogens is 1. The number of pyridine rings is 1. The Labute approximate surface area is 226 Å². The van der Waals surface area contributed by atoms with Crippen molar-refractivity contribution < 1.29 is 28.2 Å². The zero-order valence-corrected chi connectivity index (χ0v) is 21.9. The van der Waals surface area contributed by atoms with Crippen molar-refractivity contribution in [1.82, 2.24) is 15.6 Å². The average molecular weight is 537 g/mol. The minimum atomic E-state index is -0.833. The Hall–Kier alpha value is -3.92. The van der Waals surface area contributed by atoms with E-state index in [0.29, 0.717) is 40.7 Å². The molecular weight excluding hydrogens is 503 g/mol. The van der Waals surface area contributed by atoms with Gasteiger partial charge < -0.3 is 30.2 Å². The number of aromatic nitrogens is 1. The van der Waals surface area contributed by atoms with Crippen molar-refractivity contribution >= 4 is 28.4 Å². The summed E-state index contributed by atoms with van der Waals surface area (Å²) in [7, 11) is 1.57. The minimum Gasteiger partial charge on any atom is -0.493 e. The molecule has 3 aromatic rings. The first-order valence-electron chi connectivity index (χ1n) is 13.4. The number of methoxy groups -OCH3 is 1. The van der Waals surface area contributed by atoms with Crippen molar-refractivity contribution in [3.05, 3.63) is 48.4 Å². The van der Waals surface area contributed by atoms with Gasteiger partial charge in [-0.1, -0.05) is 12.8 Å². The fourth-order valence-electron chi connectivity index (χ4n) is 5.03. The Morgan fingerprint density at radius 1 is 0.974 bits per heavy atom. The van der Waals surface area contributed by atoms with Crippen LogP contribution in [0.2, 0.25) is 0 Å². The van der Waals surface area contributed by atoms with E-state index in [1.54, 1.807) is 31.5 Å². The van der Waals surface area contributed by atoms with E-state index in [-0.39, 0.29) is 17.5 Å². The number of carbonyl (C=O) groups excluding carboxylic acids is 2. The molecule has 0 spiro atoms. The highest BCUT2D eigenvalue weighted by Crippen LogP contribution is 2.38. The molecule has 2 fully saturated rings. The largest absolute Gasteiger partial charge is 0.493 e. The minimum absolute atomic E-state index is 0.0154. The Kier molecular flexibility index (Phi) is 8.41. The zero-order valence-electron chi connectivity index (χ0n) is 21.9. The molecule has 0 atom stereocenters. The predicted molar refractivity (Wildman–Crippen MR) is 145 cm³/mol. The number of piperidine rings is 1. The van der Waals surface area contributed by atoms with Gasteiger partial charge in [0.2, 0.25) is 0 Å². The van der Waals surface area contributed by atoms with Crippen molar-refractivity contribution in [2.75, 3.05) is 32.1 Å². The molecule has 2 aromatic carbocycles. The van der Waals surface area contributed by atoms with Crippen LogP contribution in [-0.2, 0) is 9.59 Å². The summed E-state index contributed by atoms with van der Waals surface area (Å²) in [5.41, 5.74) is 0.773. The quantitative estimate of drug-likeness (QED) is 0.362. The number of ether oxygens (including phenoxy) is 3. The summed E-state index contributed by atoms with van der Waals surface area (Å²) in [5, 5.41) is 9.14. The number of carbonyl (C=O) groups is 2. The maximum atomic E-state index is 15.0. The third-order valence-corrected chi connectivity index (χ3v) is 7.23. The normalized spacial score (nSPS) is 16.2. The number of hydrogen-bond acceptors (Lipinski definition) is 7. The van der Waals surface area contributed by atoms with Crippen molar-refractivity contribution in [3.63, 3.8) is 0 Å². The standard InChI is InChI=1S/C29H33FN4O5/c1-37-26-15-21-23(16-27(26)38-17-18-8-11-31-12-9-18)32-13-10-24(21)39-25-7-6-20(14-22(25)30)34-29(36)28(35)33-19-4-2-3-5-19/h6-7,10,13-16,18-19,31H,2-5,8-9,11-12,17H2,1H3,(H,33,35)(H,34,36). The second-order valence-electron chi connectivity index (χ2n) is 9.99. The highest BCUT2D eigenvalue weighted by Gasteiger charge is 2.22. The van der Waals surface area contributed by atoms with E-state index < -0.39 is 17.6 Å². The van der Waals surface area contributed by atoms with Gasteiger partial charge in [-0.15, -0.1) is 0 Å². The lowest BCUT2D eigenvalue weighted by Gasteiger charge is -2.23. The Morgan fingerprint density at radius 3 is 2.51 bits per heavy atom. The fraction of sp³-hybridized carbons (Fsp3) is 0.414. The number of nitrogens with one attached hydrogen (secondary N) is 3. The summed E-state index contributed by atoms with van der Waals surface area (Å²) in [6.07, 6.45) is 7.50. The van der Waals surface area contributed by atoms with Gasteiger partial charge in [-0.25, -0.2) is 4.39 Å². The number of hydrogen-bond donors (Lipinski definition) is 3. The summed E-state index contributed by atoms with van der Waals surface area (Å²) in [6, 6.07) is 9.22. The number of rotatable bonds is 8. The van der Waals surface area contributed by atoms with Gasteiger partial charge in [-0.05, 0) is 69.0 Å². The number of anilines is 1. The maximum Gasteiger partial charge on any atom is 0.313 e. The highest BCUT2D eigenvalue weighted by atomic mass is 19.1. The zero-order chi connectivity index (χ0) is 27.2. The second kappa shape index (κ2) is 12.3. The predicted octanol–water partition coefficient (Wildman–Crippen LogP) is 4.55. The van der Waals surface area contributed by atoms with Crippen LogP contribution in [0, 0.1) is 11.7 Å². The van der Waals surface area contributed by atoms with Crippen LogP contribution in [0.4, 0.5) is 10.1 Å². The van der Waals surface area contributed by atoms with Crippen LogP contribution >= 0.6 is 0 Å². The van der Waals surface area contributed by atoms with Crippen LogP contribution in [-0.4, -0.2) is 49.6 Å². The molecular formula is C29H33FN4O5. The highest BCUT2D eigenvalue weighted by molar-refractivity contribution is 6.39. The van der Waals surface area contributed by atoms with Crippen molar-refractivity contribution in [1.29, 1.82) is 0 Å². The average Bonchev–Trinajstić information content (AvgIpc) is 3.46. The van der Waals surface area contributed by atoms with Gasteiger partial charge in [0.1, 0.15) is 5.75 Å². The van der Waals surface area contributed by atoms with E-state index in [4.69, 9.17) is 14.2 Å². The molecule has 2 amide bonds. The molecule has 9 nitrogen and oxygen atoms in total. The molecule has 0 bridgehead atoms. The molecule has 10 heteroatoms. The second-order valence-corrected chi connectivity index (χ2v) is 9.99. The van der Waals surface area contributed by atoms with Crippen LogP contribution in [0.15, 0.2) is 42.6 Å². The smallest absolute Gasteiger partial charge is 0.313 e. The lowest BCUT2D eigenvalue weighted by atomic mass is 9.99. The van der Waals surface area contributed by atoms with Crippen molar-refractivity contribution in [3.8, 4) is 23.0 Å². The third-order valence-electron chi connectivity index (χ3n) is 7.23. The van der Waals surface area contributed by atoms with Gasteiger partial charge in [0.25, 0.3) is 0 Å². The van der Waals surface area contributed by atoms with Gasteiger partial charge >= 0.3 is 11.8 Å². The molecule has 2 aliphatic rings. The monoisotopic (exact) mass is 536 g/mol. The SMILES string of the molecule is COc1cc2c(Oc3ccc(NC(=O)C(=O)NC4CCCC4)cc3F)ccnc2cc1OCC1CCNCC1. The first-order chi connectivity index (χ1) is 19.0. The summed E-state index contributed by atoms with van der Waals surface area (Å²) < 4.78 is 32.5. The lowest BCUT2D eigenvalue weighted by Crippen LogP contribution is -2.40. The fourth-order valence-corrected chi connectivity index (χ4v) is 5.03. The summed E-state index contributed by atoms with van der Waals surface area (Å²) in [5.74, 6) is -0.301. The van der Waals surface area contributed by atoms with E-state index in [1.165, 1.54) is 12.1 Å². The molecule has 1 aliphatic carbocycles. The van der Waals surface area contributed by atoms with Crippen LogP contribution in [0.5, 0.6) is 23.0 Å². The molecule has 0 radical (unpaired) electrons. The topological polar surface area (TPSA) is 111 Å². The Morgan fingerprint density at radius 2 is 1.77 bits per heavy atom. The maximum absolute atomic E-state index is 15.0. The van der Waals surface area contributed by atoms with Gasteiger partial charge in [0.15, 0.2) is 23.1 Å². The summed E-state index contributed by atoms with van der Waals surface area (Å²) >= 11 is 0. The van der Waals surface area contributed by atoms with E-state index in [9.17, 15) is 14.0 Å². The molecule has 39 heavy (non-hydrogen) atoms. The van der Waals surface area contributed by atoms with Gasteiger partial charge in [0.05, 0.1) is 19.2 Å².